The molecule has 0 saturated heterocycles. The molecule has 2 heterocycles. The van der Waals surface area contributed by atoms with E-state index in [0.717, 1.165) is 10.1 Å². The Morgan fingerprint density at radius 1 is 1.12 bits per heavy atom. The highest BCUT2D eigenvalue weighted by atomic mass is 16.5. The molecule has 8 nitrogen and oxygen atoms in total. The standard InChI is InChI=1S/C18H20N4O4/c1-12-4-6-13(7-5-12)8-9-26-14(23)10-22-11-19-16-15(22)17(24)21(3)18(25)20(16)2/h4-7,11H,8-10H2,1-3H3. The van der Waals surface area contributed by atoms with Gasteiger partial charge in [-0.05, 0) is 12.5 Å². The van der Waals surface area contributed by atoms with Crippen molar-refractivity contribution in [3.8, 4) is 0 Å². The normalized spacial score (nSPS) is 11.0. The van der Waals surface area contributed by atoms with Crippen LogP contribution in [0.4, 0.5) is 0 Å². The molecule has 0 bridgehead atoms. The Labute approximate surface area is 149 Å². The van der Waals surface area contributed by atoms with E-state index in [2.05, 4.69) is 4.98 Å². The first-order chi connectivity index (χ1) is 12.4. The van der Waals surface area contributed by atoms with Gasteiger partial charge in [-0.3, -0.25) is 18.7 Å². The molecule has 8 heteroatoms. The summed E-state index contributed by atoms with van der Waals surface area (Å²) in [5.74, 6) is -0.465. The van der Waals surface area contributed by atoms with Gasteiger partial charge in [-0.25, -0.2) is 9.78 Å². The Bertz CT molecular complexity index is 1070. The summed E-state index contributed by atoms with van der Waals surface area (Å²) in [6, 6.07) is 8.01. The first-order valence-electron chi connectivity index (χ1n) is 8.20. The van der Waals surface area contributed by atoms with E-state index in [-0.39, 0.29) is 24.3 Å². The number of carbonyl (C=O) groups excluding carboxylic acids is 1. The summed E-state index contributed by atoms with van der Waals surface area (Å²) in [4.78, 5) is 40.4. The number of rotatable bonds is 5. The summed E-state index contributed by atoms with van der Waals surface area (Å²) in [5, 5.41) is 0. The number of nitrogens with zero attached hydrogens (tertiary/aromatic N) is 4. The minimum absolute atomic E-state index is 0.141. The predicted octanol–water partition coefficient (Wildman–Crippen LogP) is 0.528. The van der Waals surface area contributed by atoms with Crippen molar-refractivity contribution in [1.82, 2.24) is 18.7 Å². The third kappa shape index (κ3) is 3.30. The van der Waals surface area contributed by atoms with Crippen molar-refractivity contribution in [3.63, 3.8) is 0 Å². The molecule has 0 aliphatic heterocycles. The van der Waals surface area contributed by atoms with Gasteiger partial charge in [0.05, 0.1) is 12.9 Å². The van der Waals surface area contributed by atoms with Gasteiger partial charge in [0.2, 0.25) is 0 Å². The molecule has 0 fully saturated rings. The van der Waals surface area contributed by atoms with E-state index in [1.165, 1.54) is 35.1 Å². The molecule has 3 rings (SSSR count). The Hall–Kier alpha value is -3.16. The fraction of sp³-hybridized carbons (Fsp3) is 0.333. The lowest BCUT2D eigenvalue weighted by Crippen LogP contribution is -2.37. The van der Waals surface area contributed by atoms with E-state index in [1.807, 2.05) is 31.2 Å². The third-order valence-corrected chi connectivity index (χ3v) is 4.29. The van der Waals surface area contributed by atoms with Crippen molar-refractivity contribution < 1.29 is 9.53 Å². The van der Waals surface area contributed by atoms with Crippen LogP contribution in [-0.4, -0.2) is 31.3 Å². The SMILES string of the molecule is Cc1ccc(CCOC(=O)Cn2cnc3c2c(=O)n(C)c(=O)n3C)cc1. The maximum atomic E-state index is 12.3. The topological polar surface area (TPSA) is 88.1 Å². The second kappa shape index (κ2) is 6.99. The predicted molar refractivity (Wildman–Crippen MR) is 96.1 cm³/mol. The molecule has 0 aliphatic rings. The van der Waals surface area contributed by atoms with Crippen LogP contribution in [0, 0.1) is 6.92 Å². The molecule has 0 radical (unpaired) electrons. The molecule has 26 heavy (non-hydrogen) atoms. The van der Waals surface area contributed by atoms with E-state index in [0.29, 0.717) is 6.42 Å². The molecule has 0 N–H and O–H groups in total. The quantitative estimate of drug-likeness (QED) is 0.622. The average molecular weight is 356 g/mol. The van der Waals surface area contributed by atoms with Gasteiger partial charge in [0.25, 0.3) is 5.56 Å². The number of esters is 1. The zero-order chi connectivity index (χ0) is 18.8. The number of benzene rings is 1. The van der Waals surface area contributed by atoms with Crippen LogP contribution in [0.15, 0.2) is 40.2 Å². The summed E-state index contributed by atoms with van der Waals surface area (Å²) in [7, 11) is 2.92. The van der Waals surface area contributed by atoms with Crippen molar-refractivity contribution in [1.29, 1.82) is 0 Å². The van der Waals surface area contributed by atoms with Gasteiger partial charge in [0.15, 0.2) is 11.2 Å². The first-order valence-corrected chi connectivity index (χ1v) is 8.20. The number of aromatic nitrogens is 4. The largest absolute Gasteiger partial charge is 0.464 e. The summed E-state index contributed by atoms with van der Waals surface area (Å²) >= 11 is 0. The molecule has 0 amide bonds. The number of fused-ring (bicyclic) bond motifs is 1. The Balaban J connectivity index is 1.71. The fourth-order valence-electron chi connectivity index (χ4n) is 2.74. The van der Waals surface area contributed by atoms with E-state index in [1.54, 1.807) is 0 Å². The van der Waals surface area contributed by atoms with Gasteiger partial charge >= 0.3 is 11.7 Å². The molecule has 0 saturated carbocycles. The zero-order valence-corrected chi connectivity index (χ0v) is 14.9. The molecule has 0 spiro atoms. The lowest BCUT2D eigenvalue weighted by molar-refractivity contribution is -0.144. The molecule has 0 aliphatic carbocycles. The highest BCUT2D eigenvalue weighted by molar-refractivity contribution is 5.75. The van der Waals surface area contributed by atoms with Gasteiger partial charge < -0.3 is 9.30 Å². The molecule has 0 atom stereocenters. The number of hydrogen-bond acceptors (Lipinski definition) is 5. The van der Waals surface area contributed by atoms with Gasteiger partial charge in [0, 0.05) is 20.5 Å². The number of ether oxygens (including phenoxy) is 1. The smallest absolute Gasteiger partial charge is 0.332 e. The van der Waals surface area contributed by atoms with E-state index >= 15 is 0 Å². The summed E-state index contributed by atoms with van der Waals surface area (Å²) < 4.78 is 8.93. The van der Waals surface area contributed by atoms with Crippen molar-refractivity contribution in [3.05, 3.63) is 62.6 Å². The summed E-state index contributed by atoms with van der Waals surface area (Å²) in [5.41, 5.74) is 1.74. The Morgan fingerprint density at radius 3 is 2.50 bits per heavy atom. The third-order valence-electron chi connectivity index (χ3n) is 4.29. The first kappa shape index (κ1) is 17.7. The van der Waals surface area contributed by atoms with Crippen LogP contribution in [0.5, 0.6) is 0 Å². The maximum Gasteiger partial charge on any atom is 0.332 e. The highest BCUT2D eigenvalue weighted by Crippen LogP contribution is 2.07. The van der Waals surface area contributed by atoms with Crippen molar-refractivity contribution in [2.45, 2.75) is 19.9 Å². The number of carbonyl (C=O) groups is 1. The van der Waals surface area contributed by atoms with Gasteiger partial charge in [-0.15, -0.1) is 0 Å². The summed E-state index contributed by atoms with van der Waals surface area (Å²) in [6.07, 6.45) is 1.99. The van der Waals surface area contributed by atoms with Crippen molar-refractivity contribution in [2.75, 3.05) is 6.61 Å². The Kier molecular flexibility index (Phi) is 4.75. The minimum atomic E-state index is -0.493. The fourth-order valence-corrected chi connectivity index (χ4v) is 2.74. The minimum Gasteiger partial charge on any atom is -0.464 e. The average Bonchev–Trinajstić information content (AvgIpc) is 3.03. The number of imidazole rings is 1. The van der Waals surface area contributed by atoms with Crippen molar-refractivity contribution >= 4 is 17.1 Å². The van der Waals surface area contributed by atoms with Crippen LogP contribution in [0.2, 0.25) is 0 Å². The lowest BCUT2D eigenvalue weighted by Gasteiger charge is -2.08. The van der Waals surface area contributed by atoms with E-state index in [9.17, 15) is 14.4 Å². The van der Waals surface area contributed by atoms with Crippen LogP contribution in [0.3, 0.4) is 0 Å². The molecule has 1 aromatic carbocycles. The van der Waals surface area contributed by atoms with Gasteiger partial charge in [-0.2, -0.15) is 0 Å². The van der Waals surface area contributed by atoms with Crippen LogP contribution < -0.4 is 11.2 Å². The second-order valence-corrected chi connectivity index (χ2v) is 6.21. The summed E-state index contributed by atoms with van der Waals surface area (Å²) in [6.45, 7) is 2.13. The molecule has 0 unspecified atom stereocenters. The van der Waals surface area contributed by atoms with Crippen molar-refractivity contribution in [2.24, 2.45) is 14.1 Å². The second-order valence-electron chi connectivity index (χ2n) is 6.21. The van der Waals surface area contributed by atoms with E-state index < -0.39 is 17.2 Å². The molecular formula is C18H20N4O4. The highest BCUT2D eigenvalue weighted by Gasteiger charge is 2.16. The zero-order valence-electron chi connectivity index (χ0n) is 14.9. The molecule has 2 aromatic heterocycles. The number of hydrogen-bond donors (Lipinski definition) is 0. The van der Waals surface area contributed by atoms with Crippen LogP contribution in [0.25, 0.3) is 11.2 Å². The van der Waals surface area contributed by atoms with Gasteiger partial charge in [-0.1, -0.05) is 29.8 Å². The maximum absolute atomic E-state index is 12.3. The number of aryl methyl sites for hydroxylation is 2. The molecule has 136 valence electrons. The van der Waals surface area contributed by atoms with Gasteiger partial charge in [0.1, 0.15) is 6.54 Å². The molecular weight excluding hydrogens is 336 g/mol. The van der Waals surface area contributed by atoms with Crippen LogP contribution >= 0.6 is 0 Å². The molecule has 3 aromatic rings. The van der Waals surface area contributed by atoms with Crippen LogP contribution in [0.1, 0.15) is 11.1 Å². The lowest BCUT2D eigenvalue weighted by atomic mass is 10.1. The van der Waals surface area contributed by atoms with E-state index in [4.69, 9.17) is 4.74 Å². The van der Waals surface area contributed by atoms with Crippen LogP contribution in [-0.2, 0) is 36.6 Å². The Morgan fingerprint density at radius 2 is 1.81 bits per heavy atom. The monoisotopic (exact) mass is 356 g/mol.